The van der Waals surface area contributed by atoms with Gasteiger partial charge in [-0.1, -0.05) is 24.3 Å². The van der Waals surface area contributed by atoms with E-state index >= 15 is 0 Å². The molecule has 7 heteroatoms. The molecule has 0 spiro atoms. The van der Waals surface area contributed by atoms with Crippen molar-refractivity contribution in [1.29, 1.82) is 5.26 Å². The minimum Gasteiger partial charge on any atom is -0.289 e. The fourth-order valence-electron chi connectivity index (χ4n) is 3.02. The highest BCUT2D eigenvalue weighted by Crippen LogP contribution is 2.32. The molecule has 1 aliphatic carbocycles. The van der Waals surface area contributed by atoms with Crippen molar-refractivity contribution in [2.24, 2.45) is 5.14 Å². The van der Waals surface area contributed by atoms with Gasteiger partial charge < -0.3 is 0 Å². The van der Waals surface area contributed by atoms with Crippen LogP contribution in [0.2, 0.25) is 0 Å². The van der Waals surface area contributed by atoms with Crippen molar-refractivity contribution in [3.05, 3.63) is 75.9 Å². The summed E-state index contributed by atoms with van der Waals surface area (Å²) in [5.41, 5.74) is 1.42. The second kappa shape index (κ2) is 6.33. The minimum atomic E-state index is -4.16. The number of hydrogen-bond acceptors (Lipinski definition) is 5. The summed E-state index contributed by atoms with van der Waals surface area (Å²) in [6.07, 6.45) is 0.115. The van der Waals surface area contributed by atoms with Gasteiger partial charge in [-0.05, 0) is 30.7 Å². The zero-order valence-corrected chi connectivity index (χ0v) is 14.6. The molecule has 130 valence electrons. The fourth-order valence-corrected chi connectivity index (χ4v) is 3.78. The van der Waals surface area contributed by atoms with E-state index in [2.05, 4.69) is 0 Å². The predicted molar refractivity (Wildman–Crippen MR) is 94.0 cm³/mol. The number of nitrogens with zero attached hydrogens (tertiary/aromatic N) is 1. The summed E-state index contributed by atoms with van der Waals surface area (Å²) < 4.78 is 23.7. The summed E-state index contributed by atoms with van der Waals surface area (Å²) in [6, 6.07) is 12.7. The highest BCUT2D eigenvalue weighted by molar-refractivity contribution is 7.89. The number of allylic oxidation sites excluding steroid dienone is 2. The number of primary sulfonamides is 1. The van der Waals surface area contributed by atoms with Gasteiger partial charge in [0.05, 0.1) is 22.1 Å². The molecule has 0 aliphatic heterocycles. The van der Waals surface area contributed by atoms with Crippen molar-refractivity contribution in [1.82, 2.24) is 0 Å². The Kier molecular flexibility index (Phi) is 4.32. The number of benzene rings is 2. The number of rotatable bonds is 3. The molecule has 26 heavy (non-hydrogen) atoms. The maximum atomic E-state index is 13.0. The fraction of sp³-hybridized carbons (Fsp3) is 0.105. The Morgan fingerprint density at radius 3 is 2.42 bits per heavy atom. The molecule has 1 aliphatic rings. The predicted octanol–water partition coefficient (Wildman–Crippen LogP) is 2.14. The molecule has 0 bridgehead atoms. The first kappa shape index (κ1) is 17.7. The van der Waals surface area contributed by atoms with E-state index in [9.17, 15) is 18.0 Å². The molecule has 0 saturated heterocycles. The van der Waals surface area contributed by atoms with Gasteiger partial charge in [-0.3, -0.25) is 9.59 Å². The summed E-state index contributed by atoms with van der Waals surface area (Å²) in [6.45, 7) is 1.54. The average Bonchev–Trinajstić information content (AvgIpc) is 2.62. The second-order valence-electron chi connectivity index (χ2n) is 5.97. The summed E-state index contributed by atoms with van der Waals surface area (Å²) >= 11 is 0. The molecule has 2 aromatic rings. The SMILES string of the molecule is CC1=C(Cc2cccc(C#N)c2)C(=O)c2c(cccc2S(N)(=O)=O)C1=O. The zero-order valence-electron chi connectivity index (χ0n) is 13.8. The molecule has 0 unspecified atom stereocenters. The van der Waals surface area contributed by atoms with Crippen LogP contribution in [0.1, 0.15) is 38.8 Å². The van der Waals surface area contributed by atoms with Crippen molar-refractivity contribution in [2.45, 2.75) is 18.2 Å². The highest BCUT2D eigenvalue weighted by atomic mass is 32.2. The van der Waals surface area contributed by atoms with Crippen molar-refractivity contribution in [3.8, 4) is 6.07 Å². The van der Waals surface area contributed by atoms with E-state index in [0.717, 1.165) is 0 Å². The first-order chi connectivity index (χ1) is 12.2. The maximum absolute atomic E-state index is 13.0. The number of carbonyl (C=O) groups is 2. The first-order valence-electron chi connectivity index (χ1n) is 7.68. The third kappa shape index (κ3) is 2.96. The van der Waals surface area contributed by atoms with E-state index in [1.807, 2.05) is 6.07 Å². The number of Topliss-reactive ketones (excluding diaryl/α,β-unsaturated/α-hetero) is 2. The third-order valence-corrected chi connectivity index (χ3v) is 5.26. The van der Waals surface area contributed by atoms with Crippen LogP contribution in [-0.4, -0.2) is 20.0 Å². The highest BCUT2D eigenvalue weighted by Gasteiger charge is 2.34. The molecule has 0 heterocycles. The lowest BCUT2D eigenvalue weighted by Crippen LogP contribution is -2.26. The molecular formula is C19H14N2O4S. The molecular weight excluding hydrogens is 352 g/mol. The van der Waals surface area contributed by atoms with Crippen LogP contribution in [0.5, 0.6) is 0 Å². The number of sulfonamides is 1. The molecule has 6 nitrogen and oxygen atoms in total. The Balaban J connectivity index is 2.15. The van der Waals surface area contributed by atoms with E-state index in [-0.39, 0.29) is 33.6 Å². The largest absolute Gasteiger partial charge is 0.289 e. The Labute approximate surface area is 150 Å². The topological polar surface area (TPSA) is 118 Å². The van der Waals surface area contributed by atoms with E-state index in [0.29, 0.717) is 11.1 Å². The normalized spacial score (nSPS) is 14.2. The van der Waals surface area contributed by atoms with Crippen LogP contribution in [-0.2, 0) is 16.4 Å². The maximum Gasteiger partial charge on any atom is 0.238 e. The number of hydrogen-bond donors (Lipinski definition) is 1. The smallest absolute Gasteiger partial charge is 0.238 e. The molecule has 0 atom stereocenters. The molecule has 0 amide bonds. The third-order valence-electron chi connectivity index (χ3n) is 4.31. The average molecular weight is 366 g/mol. The molecule has 0 aromatic heterocycles. The Morgan fingerprint density at radius 1 is 1.08 bits per heavy atom. The van der Waals surface area contributed by atoms with Crippen LogP contribution in [0.25, 0.3) is 0 Å². The Hall–Kier alpha value is -3.08. The van der Waals surface area contributed by atoms with Crippen molar-refractivity contribution >= 4 is 21.6 Å². The van der Waals surface area contributed by atoms with Crippen LogP contribution < -0.4 is 5.14 Å². The van der Waals surface area contributed by atoms with Crippen LogP contribution in [0.3, 0.4) is 0 Å². The quantitative estimate of drug-likeness (QED) is 0.893. The van der Waals surface area contributed by atoms with Crippen molar-refractivity contribution < 1.29 is 18.0 Å². The van der Waals surface area contributed by atoms with Crippen LogP contribution >= 0.6 is 0 Å². The van der Waals surface area contributed by atoms with Gasteiger partial charge in [-0.15, -0.1) is 0 Å². The van der Waals surface area contributed by atoms with Gasteiger partial charge in [-0.2, -0.15) is 5.26 Å². The van der Waals surface area contributed by atoms with Crippen molar-refractivity contribution in [3.63, 3.8) is 0 Å². The Morgan fingerprint density at radius 2 is 1.77 bits per heavy atom. The van der Waals surface area contributed by atoms with Gasteiger partial charge in [0.1, 0.15) is 0 Å². The summed E-state index contributed by atoms with van der Waals surface area (Å²) in [7, 11) is -4.16. The van der Waals surface area contributed by atoms with Crippen LogP contribution in [0.15, 0.2) is 58.5 Å². The lowest BCUT2D eigenvalue weighted by Gasteiger charge is -2.21. The van der Waals surface area contributed by atoms with E-state index in [1.54, 1.807) is 24.3 Å². The van der Waals surface area contributed by atoms with Gasteiger partial charge in [0, 0.05) is 23.1 Å². The van der Waals surface area contributed by atoms with E-state index < -0.39 is 21.6 Å². The van der Waals surface area contributed by atoms with Gasteiger partial charge in [0.2, 0.25) is 10.0 Å². The first-order valence-corrected chi connectivity index (χ1v) is 9.22. The number of carbonyl (C=O) groups excluding carboxylic acids is 2. The van der Waals surface area contributed by atoms with E-state index in [4.69, 9.17) is 10.4 Å². The second-order valence-corrected chi connectivity index (χ2v) is 7.50. The number of nitrogens with two attached hydrogens (primary N) is 1. The lowest BCUT2D eigenvalue weighted by molar-refractivity contribution is 0.0970. The molecule has 3 rings (SSSR count). The number of ketones is 2. The Bertz CT molecular complexity index is 1140. The molecule has 0 saturated carbocycles. The van der Waals surface area contributed by atoms with Gasteiger partial charge in [0.25, 0.3) is 0 Å². The monoisotopic (exact) mass is 366 g/mol. The van der Waals surface area contributed by atoms with E-state index in [1.165, 1.54) is 25.1 Å². The molecule has 2 aromatic carbocycles. The lowest BCUT2D eigenvalue weighted by atomic mass is 9.82. The number of fused-ring (bicyclic) bond motifs is 1. The molecule has 0 radical (unpaired) electrons. The van der Waals surface area contributed by atoms with Crippen molar-refractivity contribution in [2.75, 3.05) is 0 Å². The summed E-state index contributed by atoms with van der Waals surface area (Å²) in [5, 5.41) is 14.2. The summed E-state index contributed by atoms with van der Waals surface area (Å²) in [4.78, 5) is 25.3. The summed E-state index contributed by atoms with van der Waals surface area (Å²) in [5.74, 6) is -0.944. The zero-order chi connectivity index (χ0) is 19.1. The minimum absolute atomic E-state index is 0.0357. The van der Waals surface area contributed by atoms with Crippen LogP contribution in [0.4, 0.5) is 0 Å². The van der Waals surface area contributed by atoms with Crippen LogP contribution in [0, 0.1) is 11.3 Å². The molecule has 0 fully saturated rings. The molecule has 2 N–H and O–H groups in total. The van der Waals surface area contributed by atoms with Gasteiger partial charge >= 0.3 is 0 Å². The van der Waals surface area contributed by atoms with Gasteiger partial charge in [-0.25, -0.2) is 13.6 Å². The van der Waals surface area contributed by atoms with Gasteiger partial charge in [0.15, 0.2) is 11.6 Å². The standard InChI is InChI=1S/C19H14N2O4S/c1-11-15(9-12-4-2-5-13(8-12)10-20)19(23)17-14(18(11)22)6-3-7-16(17)26(21,24)25/h2-8H,9H2,1H3,(H2,21,24,25). The number of nitriles is 1.